The second kappa shape index (κ2) is 5.72. The van der Waals surface area contributed by atoms with Gasteiger partial charge in [-0.05, 0) is 24.6 Å². The van der Waals surface area contributed by atoms with Crippen molar-refractivity contribution in [2.45, 2.75) is 19.5 Å². The number of methoxy groups -OCH3 is 1. The molecule has 1 N–H and O–H groups in total. The van der Waals surface area contributed by atoms with Crippen LogP contribution in [0.3, 0.4) is 0 Å². The monoisotopic (exact) mass is 273 g/mol. The Labute approximate surface area is 116 Å². The van der Waals surface area contributed by atoms with Gasteiger partial charge in [0, 0.05) is 0 Å². The molecule has 0 spiro atoms. The summed E-state index contributed by atoms with van der Waals surface area (Å²) in [5, 5.41) is 11.9. The Morgan fingerprint density at radius 1 is 1.50 bits per heavy atom. The number of ether oxygens (including phenoxy) is 1. The van der Waals surface area contributed by atoms with Crippen LogP contribution in [0.1, 0.15) is 18.1 Å². The van der Waals surface area contributed by atoms with Crippen LogP contribution in [-0.4, -0.2) is 36.4 Å². The van der Waals surface area contributed by atoms with Gasteiger partial charge >= 0.3 is 0 Å². The molecule has 2 rings (SSSR count). The number of carbonyl (C=O) groups excluding carboxylic acids is 2. The fourth-order valence-corrected chi connectivity index (χ4v) is 2.07. The second-order valence-corrected chi connectivity index (χ2v) is 4.57. The highest BCUT2D eigenvalue weighted by molar-refractivity contribution is 6.00. The molecule has 0 aliphatic carbocycles. The number of nitrogens with zero attached hydrogens (tertiary/aromatic N) is 2. The standard InChI is InChI=1S/C14H15N3O3/c1-9-14(19)17(13(18)7-16-9)8-10-3-4-12(20-2)11(5-10)6-15/h3-5,9,16H,7-8H2,1-2H3. The minimum Gasteiger partial charge on any atom is -0.495 e. The van der Waals surface area contributed by atoms with Gasteiger partial charge in [0.2, 0.25) is 11.8 Å². The molecule has 1 aliphatic heterocycles. The van der Waals surface area contributed by atoms with Crippen molar-refractivity contribution in [3.05, 3.63) is 29.3 Å². The van der Waals surface area contributed by atoms with Gasteiger partial charge in [0.25, 0.3) is 0 Å². The van der Waals surface area contributed by atoms with E-state index in [0.29, 0.717) is 11.3 Å². The summed E-state index contributed by atoms with van der Waals surface area (Å²) in [6.45, 7) is 2.03. The maximum absolute atomic E-state index is 12.0. The van der Waals surface area contributed by atoms with Gasteiger partial charge in [-0.3, -0.25) is 19.8 Å². The van der Waals surface area contributed by atoms with Crippen molar-refractivity contribution in [1.29, 1.82) is 5.26 Å². The Morgan fingerprint density at radius 3 is 2.90 bits per heavy atom. The summed E-state index contributed by atoms with van der Waals surface area (Å²) in [5.41, 5.74) is 1.10. The quantitative estimate of drug-likeness (QED) is 0.807. The van der Waals surface area contributed by atoms with Crippen molar-refractivity contribution in [2.75, 3.05) is 13.7 Å². The van der Waals surface area contributed by atoms with E-state index in [2.05, 4.69) is 5.32 Å². The second-order valence-electron chi connectivity index (χ2n) is 4.57. The van der Waals surface area contributed by atoms with Gasteiger partial charge in [-0.15, -0.1) is 0 Å². The van der Waals surface area contributed by atoms with E-state index >= 15 is 0 Å². The van der Waals surface area contributed by atoms with Crippen molar-refractivity contribution in [3.8, 4) is 11.8 Å². The highest BCUT2D eigenvalue weighted by Crippen LogP contribution is 2.20. The lowest BCUT2D eigenvalue weighted by molar-refractivity contribution is -0.149. The molecule has 104 valence electrons. The molecular weight excluding hydrogens is 258 g/mol. The highest BCUT2D eigenvalue weighted by atomic mass is 16.5. The Balaban J connectivity index is 2.23. The third-order valence-electron chi connectivity index (χ3n) is 3.22. The van der Waals surface area contributed by atoms with Crippen molar-refractivity contribution in [2.24, 2.45) is 0 Å². The summed E-state index contributed by atoms with van der Waals surface area (Å²) < 4.78 is 5.06. The average molecular weight is 273 g/mol. The molecule has 0 radical (unpaired) electrons. The molecule has 1 aromatic rings. The van der Waals surface area contributed by atoms with Crippen LogP contribution in [0, 0.1) is 11.3 Å². The number of nitriles is 1. The lowest BCUT2D eigenvalue weighted by Gasteiger charge is -2.29. The molecule has 1 heterocycles. The summed E-state index contributed by atoms with van der Waals surface area (Å²) in [6, 6.07) is 6.69. The zero-order chi connectivity index (χ0) is 14.7. The maximum Gasteiger partial charge on any atom is 0.246 e. The van der Waals surface area contributed by atoms with E-state index < -0.39 is 0 Å². The fraction of sp³-hybridized carbons (Fsp3) is 0.357. The molecule has 1 aromatic carbocycles. The van der Waals surface area contributed by atoms with E-state index in [1.165, 1.54) is 12.0 Å². The Bertz CT molecular complexity index is 592. The third-order valence-corrected chi connectivity index (χ3v) is 3.22. The van der Waals surface area contributed by atoms with Crippen LogP contribution in [0.4, 0.5) is 0 Å². The van der Waals surface area contributed by atoms with Crippen molar-refractivity contribution in [1.82, 2.24) is 10.2 Å². The van der Waals surface area contributed by atoms with Crippen molar-refractivity contribution < 1.29 is 14.3 Å². The molecule has 0 bridgehead atoms. The van der Waals surface area contributed by atoms with E-state index in [0.717, 1.165) is 5.56 Å². The number of carbonyl (C=O) groups is 2. The Kier molecular flexibility index (Phi) is 4.01. The average Bonchev–Trinajstić information content (AvgIpc) is 2.47. The minimum atomic E-state index is -0.374. The molecular formula is C14H15N3O3. The zero-order valence-corrected chi connectivity index (χ0v) is 11.3. The van der Waals surface area contributed by atoms with Crippen LogP contribution in [0.25, 0.3) is 0 Å². The molecule has 0 aromatic heterocycles. The predicted octanol–water partition coefficient (Wildman–Crippen LogP) is 0.414. The molecule has 1 fully saturated rings. The largest absolute Gasteiger partial charge is 0.495 e. The van der Waals surface area contributed by atoms with Crippen LogP contribution in [0.2, 0.25) is 0 Å². The summed E-state index contributed by atoms with van der Waals surface area (Å²) in [5.74, 6) is -0.0411. The van der Waals surface area contributed by atoms with Gasteiger partial charge in [-0.25, -0.2) is 0 Å². The number of amides is 2. The molecule has 6 heteroatoms. The molecule has 0 saturated carbocycles. The summed E-state index contributed by atoms with van der Waals surface area (Å²) in [6.07, 6.45) is 0. The number of benzene rings is 1. The summed E-state index contributed by atoms with van der Waals surface area (Å²) >= 11 is 0. The highest BCUT2D eigenvalue weighted by Gasteiger charge is 2.31. The van der Waals surface area contributed by atoms with Gasteiger partial charge in [0.1, 0.15) is 11.8 Å². The molecule has 6 nitrogen and oxygen atoms in total. The Morgan fingerprint density at radius 2 is 2.25 bits per heavy atom. The van der Waals surface area contributed by atoms with Crippen LogP contribution in [0.15, 0.2) is 18.2 Å². The fourth-order valence-electron chi connectivity index (χ4n) is 2.07. The van der Waals surface area contributed by atoms with E-state index in [1.807, 2.05) is 6.07 Å². The van der Waals surface area contributed by atoms with Crippen LogP contribution in [-0.2, 0) is 16.1 Å². The molecule has 1 aliphatic rings. The smallest absolute Gasteiger partial charge is 0.246 e. The first-order chi connectivity index (χ1) is 9.56. The topological polar surface area (TPSA) is 82.4 Å². The predicted molar refractivity (Wildman–Crippen MR) is 70.7 cm³/mol. The van der Waals surface area contributed by atoms with Crippen molar-refractivity contribution in [3.63, 3.8) is 0 Å². The van der Waals surface area contributed by atoms with Gasteiger partial charge in [-0.1, -0.05) is 6.07 Å². The van der Waals surface area contributed by atoms with Gasteiger partial charge in [0.15, 0.2) is 0 Å². The van der Waals surface area contributed by atoms with E-state index in [4.69, 9.17) is 10.00 Å². The summed E-state index contributed by atoms with van der Waals surface area (Å²) in [7, 11) is 1.49. The first-order valence-electron chi connectivity index (χ1n) is 6.21. The van der Waals surface area contributed by atoms with E-state index in [9.17, 15) is 9.59 Å². The Hall–Kier alpha value is -2.39. The van der Waals surface area contributed by atoms with Gasteiger partial charge in [-0.2, -0.15) is 5.26 Å². The first-order valence-corrected chi connectivity index (χ1v) is 6.21. The lowest BCUT2D eigenvalue weighted by atomic mass is 10.1. The number of hydrogen-bond donors (Lipinski definition) is 1. The maximum atomic E-state index is 12.0. The number of imide groups is 1. The third kappa shape index (κ3) is 2.63. The number of piperazine rings is 1. The SMILES string of the molecule is COc1ccc(CN2C(=O)CNC(C)C2=O)cc1C#N. The lowest BCUT2D eigenvalue weighted by Crippen LogP contribution is -2.56. The van der Waals surface area contributed by atoms with Crippen molar-refractivity contribution >= 4 is 11.8 Å². The number of rotatable bonds is 3. The molecule has 20 heavy (non-hydrogen) atoms. The van der Waals surface area contributed by atoms with Crippen LogP contribution < -0.4 is 10.1 Å². The van der Waals surface area contributed by atoms with Gasteiger partial charge < -0.3 is 4.74 Å². The molecule has 2 amide bonds. The normalized spacial score (nSPS) is 18.9. The zero-order valence-electron chi connectivity index (χ0n) is 11.3. The minimum absolute atomic E-state index is 0.147. The number of hydrogen-bond acceptors (Lipinski definition) is 5. The molecule has 1 unspecified atom stereocenters. The molecule has 1 atom stereocenters. The van der Waals surface area contributed by atoms with Gasteiger partial charge in [0.05, 0.1) is 31.8 Å². The first kappa shape index (κ1) is 14.0. The van der Waals surface area contributed by atoms with E-state index in [-0.39, 0.29) is 30.9 Å². The number of nitrogens with one attached hydrogen (secondary N) is 1. The van der Waals surface area contributed by atoms with Crippen LogP contribution in [0.5, 0.6) is 5.75 Å². The van der Waals surface area contributed by atoms with E-state index in [1.54, 1.807) is 25.1 Å². The van der Waals surface area contributed by atoms with Crippen LogP contribution >= 0.6 is 0 Å². The summed E-state index contributed by atoms with van der Waals surface area (Å²) in [4.78, 5) is 25.0. The molecule has 1 saturated heterocycles.